The Kier molecular flexibility index (Phi) is 2.82. The molecule has 0 aliphatic carbocycles. The number of rotatable bonds is 2. The fraction of sp³-hybridized carbons (Fsp3) is 0.100. The Hall–Kier alpha value is -1.95. The molecule has 0 spiro atoms. The lowest BCUT2D eigenvalue weighted by atomic mass is 10.1. The van der Waals surface area contributed by atoms with Crippen LogP contribution in [0.4, 0.5) is 0 Å². The molecule has 0 radical (unpaired) electrons. The quantitative estimate of drug-likeness (QED) is 0.616. The zero-order valence-electron chi connectivity index (χ0n) is 8.58. The smallest absolute Gasteiger partial charge is 0.216 e. The minimum Gasteiger partial charge on any atom is -0.508 e. The molecule has 2 rings (SSSR count). The summed E-state index contributed by atoms with van der Waals surface area (Å²) >= 11 is 4.97. The minimum absolute atomic E-state index is 0.233. The molecule has 0 bridgehead atoms. The second kappa shape index (κ2) is 4.28. The molecular formula is C10H10N4OS. The molecule has 0 saturated carbocycles. The zero-order chi connectivity index (χ0) is 11.5. The molecule has 2 N–H and O–H groups in total. The summed E-state index contributed by atoms with van der Waals surface area (Å²) in [6.45, 7) is 1.86. The summed E-state index contributed by atoms with van der Waals surface area (Å²) in [4.78, 5) is 0. The van der Waals surface area contributed by atoms with Gasteiger partial charge in [-0.25, -0.2) is 0 Å². The van der Waals surface area contributed by atoms with Crippen LogP contribution in [-0.2, 0) is 0 Å². The molecule has 0 unspecified atom stereocenters. The van der Waals surface area contributed by atoms with Crippen molar-refractivity contribution in [2.75, 3.05) is 0 Å². The molecule has 5 nitrogen and oxygen atoms in total. The second-order valence-electron chi connectivity index (χ2n) is 3.24. The summed E-state index contributed by atoms with van der Waals surface area (Å²) in [5.74, 6) is 0.233. The van der Waals surface area contributed by atoms with E-state index in [4.69, 9.17) is 17.3 Å². The number of aromatic nitrogens is 3. The van der Waals surface area contributed by atoms with E-state index in [-0.39, 0.29) is 5.75 Å². The highest BCUT2D eigenvalue weighted by Gasteiger charge is 1.98. The van der Waals surface area contributed by atoms with Gasteiger partial charge < -0.3 is 5.11 Å². The van der Waals surface area contributed by atoms with Gasteiger partial charge >= 0.3 is 0 Å². The Balaban J connectivity index is 2.35. The van der Waals surface area contributed by atoms with Gasteiger partial charge in [0.15, 0.2) is 0 Å². The molecule has 0 fully saturated rings. The average molecular weight is 234 g/mol. The number of nitrogens with one attached hydrogen (secondary N) is 1. The van der Waals surface area contributed by atoms with Crippen LogP contribution in [0.25, 0.3) is 0 Å². The first kappa shape index (κ1) is 10.6. The lowest BCUT2D eigenvalue weighted by Crippen LogP contribution is -1.98. The number of hydrogen-bond acceptors (Lipinski definition) is 4. The van der Waals surface area contributed by atoms with E-state index in [0.717, 1.165) is 11.3 Å². The van der Waals surface area contributed by atoms with E-state index in [1.807, 2.05) is 6.92 Å². The van der Waals surface area contributed by atoms with Crippen molar-refractivity contribution in [3.63, 3.8) is 0 Å². The van der Waals surface area contributed by atoms with Crippen molar-refractivity contribution in [3.8, 4) is 5.75 Å². The van der Waals surface area contributed by atoms with E-state index in [2.05, 4.69) is 15.3 Å². The maximum Gasteiger partial charge on any atom is 0.216 e. The third kappa shape index (κ3) is 2.17. The van der Waals surface area contributed by atoms with Gasteiger partial charge in [0.25, 0.3) is 0 Å². The Bertz CT molecular complexity index is 567. The Morgan fingerprint density at radius 3 is 2.69 bits per heavy atom. The average Bonchev–Trinajstić information content (AvgIpc) is 2.65. The maximum absolute atomic E-state index is 9.16. The van der Waals surface area contributed by atoms with Gasteiger partial charge in [-0.2, -0.15) is 14.9 Å². The van der Waals surface area contributed by atoms with Gasteiger partial charge in [0.05, 0.1) is 5.71 Å². The van der Waals surface area contributed by atoms with Crippen molar-refractivity contribution in [3.05, 3.63) is 40.9 Å². The minimum atomic E-state index is 0.233. The largest absolute Gasteiger partial charge is 0.508 e. The van der Waals surface area contributed by atoms with Gasteiger partial charge in [-0.15, -0.1) is 0 Å². The van der Waals surface area contributed by atoms with Gasteiger partial charge in [-0.05, 0) is 49.0 Å². The Morgan fingerprint density at radius 2 is 2.12 bits per heavy atom. The normalized spacial score (nSPS) is 11.7. The number of aromatic amines is 1. The Morgan fingerprint density at radius 1 is 1.44 bits per heavy atom. The SMILES string of the molecule is CC(=Nn1cn[nH]c1=S)c1ccc(O)cc1. The van der Waals surface area contributed by atoms with Crippen LogP contribution in [0.1, 0.15) is 12.5 Å². The molecule has 6 heteroatoms. The number of hydrogen-bond donors (Lipinski definition) is 2. The van der Waals surface area contributed by atoms with Crippen molar-refractivity contribution in [1.29, 1.82) is 0 Å². The molecule has 1 aromatic carbocycles. The third-order valence-corrected chi connectivity index (χ3v) is 2.36. The summed E-state index contributed by atoms with van der Waals surface area (Å²) in [5.41, 5.74) is 1.71. The lowest BCUT2D eigenvalue weighted by Gasteiger charge is -2.00. The fourth-order valence-electron chi connectivity index (χ4n) is 1.24. The van der Waals surface area contributed by atoms with Crippen LogP contribution >= 0.6 is 12.2 Å². The van der Waals surface area contributed by atoms with Crippen molar-refractivity contribution in [1.82, 2.24) is 14.9 Å². The number of phenols is 1. The van der Waals surface area contributed by atoms with E-state index in [9.17, 15) is 0 Å². The zero-order valence-corrected chi connectivity index (χ0v) is 9.40. The topological polar surface area (TPSA) is 66.2 Å². The number of nitrogens with zero attached hydrogens (tertiary/aromatic N) is 3. The molecule has 0 aliphatic rings. The van der Waals surface area contributed by atoms with Crippen LogP contribution < -0.4 is 0 Å². The van der Waals surface area contributed by atoms with E-state index in [1.165, 1.54) is 11.0 Å². The lowest BCUT2D eigenvalue weighted by molar-refractivity contribution is 0.475. The van der Waals surface area contributed by atoms with E-state index < -0.39 is 0 Å². The molecule has 16 heavy (non-hydrogen) atoms. The predicted molar refractivity (Wildman–Crippen MR) is 63.1 cm³/mol. The van der Waals surface area contributed by atoms with Crippen molar-refractivity contribution < 1.29 is 5.11 Å². The molecule has 0 amide bonds. The Labute approximate surface area is 97.1 Å². The van der Waals surface area contributed by atoms with Crippen LogP contribution in [-0.4, -0.2) is 25.7 Å². The van der Waals surface area contributed by atoms with Crippen LogP contribution in [0.15, 0.2) is 35.7 Å². The number of aromatic hydroxyl groups is 1. The summed E-state index contributed by atoms with van der Waals surface area (Å²) in [6, 6.07) is 6.81. The van der Waals surface area contributed by atoms with Gasteiger partial charge in [0.2, 0.25) is 4.77 Å². The predicted octanol–water partition coefficient (Wildman–Crippen LogP) is 1.92. The maximum atomic E-state index is 9.16. The summed E-state index contributed by atoms with van der Waals surface area (Å²) in [6.07, 6.45) is 1.51. The molecule has 0 atom stereocenters. The molecule has 2 aromatic rings. The van der Waals surface area contributed by atoms with Gasteiger partial charge in [-0.3, -0.25) is 5.10 Å². The summed E-state index contributed by atoms with van der Waals surface area (Å²) in [7, 11) is 0. The summed E-state index contributed by atoms with van der Waals surface area (Å²) < 4.78 is 1.93. The molecular weight excluding hydrogens is 224 g/mol. The molecule has 0 saturated heterocycles. The standard InChI is InChI=1S/C10H10N4OS/c1-7(8-2-4-9(15)5-3-8)13-14-6-11-12-10(14)16/h2-6,15H,1H3,(H,12,16). The molecule has 82 valence electrons. The first-order valence-electron chi connectivity index (χ1n) is 4.64. The van der Waals surface area contributed by atoms with Gasteiger partial charge in [-0.1, -0.05) is 0 Å². The van der Waals surface area contributed by atoms with Crippen molar-refractivity contribution >= 4 is 17.9 Å². The van der Waals surface area contributed by atoms with Crippen LogP contribution in [0, 0.1) is 4.77 Å². The highest BCUT2D eigenvalue weighted by Crippen LogP contribution is 2.10. The molecule has 1 heterocycles. The van der Waals surface area contributed by atoms with Gasteiger partial charge in [0, 0.05) is 0 Å². The summed E-state index contributed by atoms with van der Waals surface area (Å²) in [5, 5.41) is 19.8. The van der Waals surface area contributed by atoms with E-state index in [1.54, 1.807) is 24.3 Å². The first-order chi connectivity index (χ1) is 7.66. The highest BCUT2D eigenvalue weighted by atomic mass is 32.1. The monoisotopic (exact) mass is 234 g/mol. The number of benzene rings is 1. The highest BCUT2D eigenvalue weighted by molar-refractivity contribution is 7.71. The van der Waals surface area contributed by atoms with Gasteiger partial charge in [0.1, 0.15) is 12.1 Å². The molecule has 0 aliphatic heterocycles. The van der Waals surface area contributed by atoms with Crippen molar-refractivity contribution in [2.45, 2.75) is 6.92 Å². The second-order valence-corrected chi connectivity index (χ2v) is 3.63. The van der Waals surface area contributed by atoms with E-state index >= 15 is 0 Å². The first-order valence-corrected chi connectivity index (χ1v) is 5.04. The van der Waals surface area contributed by atoms with Crippen molar-refractivity contribution in [2.24, 2.45) is 5.10 Å². The van der Waals surface area contributed by atoms with Crippen LogP contribution in [0.2, 0.25) is 0 Å². The third-order valence-electron chi connectivity index (χ3n) is 2.08. The van der Waals surface area contributed by atoms with Crippen LogP contribution in [0.5, 0.6) is 5.75 Å². The molecule has 1 aromatic heterocycles. The fourth-order valence-corrected chi connectivity index (χ4v) is 1.38. The van der Waals surface area contributed by atoms with Crippen LogP contribution in [0.3, 0.4) is 0 Å². The number of H-pyrrole nitrogens is 1. The number of phenolic OH excluding ortho intramolecular Hbond substituents is 1. The van der Waals surface area contributed by atoms with E-state index in [0.29, 0.717) is 4.77 Å².